The van der Waals surface area contributed by atoms with E-state index in [0.29, 0.717) is 0 Å². The molecule has 0 heterocycles. The fourth-order valence-corrected chi connectivity index (χ4v) is 0.640. The van der Waals surface area contributed by atoms with Crippen molar-refractivity contribution in [3.05, 3.63) is 6.42 Å². The van der Waals surface area contributed by atoms with Gasteiger partial charge in [0, 0.05) is 6.42 Å². The third kappa shape index (κ3) is 11.6. The molecule has 0 aliphatic carbocycles. The van der Waals surface area contributed by atoms with E-state index in [2.05, 4.69) is 12.8 Å². The van der Waals surface area contributed by atoms with E-state index < -0.39 is 0 Å². The topological polar surface area (TPSA) is 0 Å². The van der Waals surface area contributed by atoms with Crippen molar-refractivity contribution in [2.45, 2.75) is 39.0 Å². The Morgan fingerprint density at radius 2 is 1.89 bits per heavy atom. The van der Waals surface area contributed by atoms with Crippen molar-refractivity contribution < 1.29 is 0 Å². The van der Waals surface area contributed by atoms with Gasteiger partial charge in [0.15, 0.2) is 0 Å². The van der Waals surface area contributed by atoms with Crippen LogP contribution >= 0.6 is 0 Å². The molecule has 0 rings (SSSR count). The third-order valence-electron chi connectivity index (χ3n) is 1.16. The Labute approximate surface area is 70.6 Å². The Morgan fingerprint density at radius 3 is 2.33 bits per heavy atom. The van der Waals surface area contributed by atoms with Crippen LogP contribution in [0.15, 0.2) is 0 Å². The van der Waals surface area contributed by atoms with Crippen LogP contribution in [0.3, 0.4) is 0 Å². The van der Waals surface area contributed by atoms with E-state index in [0.717, 1.165) is 12.8 Å². The van der Waals surface area contributed by atoms with E-state index >= 15 is 0 Å². The van der Waals surface area contributed by atoms with E-state index in [4.69, 9.17) is 6.42 Å². The van der Waals surface area contributed by atoms with Gasteiger partial charge in [0.05, 0.1) is 0 Å². The van der Waals surface area contributed by atoms with Gasteiger partial charge >= 0.3 is 18.9 Å². The fraction of sp³-hybridized carbons (Fsp3) is 0.750. The summed E-state index contributed by atoms with van der Waals surface area (Å²) >= 11 is 0. The van der Waals surface area contributed by atoms with Crippen LogP contribution in [0.4, 0.5) is 0 Å². The molecular formula is C8H14Li. The molecule has 0 aliphatic rings. The molecule has 0 aliphatic heterocycles. The molecule has 9 heavy (non-hydrogen) atoms. The van der Waals surface area contributed by atoms with Crippen LogP contribution in [0.2, 0.25) is 0 Å². The van der Waals surface area contributed by atoms with Crippen molar-refractivity contribution in [3.8, 4) is 5.92 Å². The monoisotopic (exact) mass is 117 g/mol. The molecule has 1 heteroatoms. The molecule has 0 saturated heterocycles. The van der Waals surface area contributed by atoms with Crippen molar-refractivity contribution in [2.75, 3.05) is 0 Å². The molecule has 0 atom stereocenters. The Bertz CT molecular complexity index is 71.1. The first-order valence-electron chi connectivity index (χ1n) is 3.31. The minimum atomic E-state index is 0. The molecule has 0 aromatic heterocycles. The van der Waals surface area contributed by atoms with Gasteiger partial charge in [-0.15, -0.1) is 0 Å². The molecule has 0 nitrogen and oxygen atoms in total. The van der Waals surface area contributed by atoms with Gasteiger partial charge in [-0.2, -0.15) is 0 Å². The Morgan fingerprint density at radius 1 is 1.22 bits per heavy atom. The molecule has 47 valence electrons. The molecular weight excluding hydrogens is 103 g/mol. The predicted octanol–water partition coefficient (Wildman–Crippen LogP) is 1.90. The van der Waals surface area contributed by atoms with Gasteiger partial charge in [0.25, 0.3) is 0 Å². The maximum absolute atomic E-state index is 6.59. The van der Waals surface area contributed by atoms with Crippen LogP contribution in [-0.4, -0.2) is 18.9 Å². The van der Waals surface area contributed by atoms with Gasteiger partial charge in [-0.05, 0) is 12.8 Å². The van der Waals surface area contributed by atoms with Crippen LogP contribution in [0, 0.1) is 12.3 Å². The summed E-state index contributed by atoms with van der Waals surface area (Å²) in [6.07, 6.45) is 12.4. The van der Waals surface area contributed by atoms with Crippen molar-refractivity contribution in [1.29, 1.82) is 0 Å². The Balaban J connectivity index is 0. The van der Waals surface area contributed by atoms with Crippen molar-refractivity contribution >= 4 is 18.9 Å². The zero-order valence-corrected chi connectivity index (χ0v) is 5.54. The van der Waals surface area contributed by atoms with Gasteiger partial charge in [0.2, 0.25) is 0 Å². The quantitative estimate of drug-likeness (QED) is 0.299. The van der Waals surface area contributed by atoms with Gasteiger partial charge in [-0.1, -0.05) is 32.1 Å². The summed E-state index contributed by atoms with van der Waals surface area (Å²) in [5.74, 6) is 2.38. The zero-order valence-electron chi connectivity index (χ0n) is 5.54. The van der Waals surface area contributed by atoms with E-state index in [1.54, 1.807) is 0 Å². The number of rotatable bonds is 4. The average Bonchev–Trinajstić information content (AvgIpc) is 1.81. The van der Waals surface area contributed by atoms with Crippen molar-refractivity contribution in [1.82, 2.24) is 0 Å². The zero-order chi connectivity index (χ0) is 6.24. The molecule has 0 amide bonds. The molecule has 0 aromatic rings. The first kappa shape index (κ1) is 11.9. The first-order chi connectivity index (χ1) is 3.91. The molecule has 0 spiro atoms. The van der Waals surface area contributed by atoms with Gasteiger partial charge in [-0.3, -0.25) is 0 Å². The Hall–Kier alpha value is 0.157. The predicted molar refractivity (Wildman–Crippen MR) is 43.0 cm³/mol. The average molecular weight is 117 g/mol. The number of hydrogen-bond acceptors (Lipinski definition) is 0. The molecule has 0 unspecified atom stereocenters. The van der Waals surface area contributed by atoms with Crippen LogP contribution in [0.5, 0.6) is 0 Å². The van der Waals surface area contributed by atoms with Gasteiger partial charge in [0.1, 0.15) is 0 Å². The summed E-state index contributed by atoms with van der Waals surface area (Å²) in [4.78, 5) is 0. The van der Waals surface area contributed by atoms with E-state index in [1.807, 2.05) is 0 Å². The summed E-state index contributed by atoms with van der Waals surface area (Å²) in [6.45, 7) is 2.19. The summed E-state index contributed by atoms with van der Waals surface area (Å²) in [7, 11) is 0. The van der Waals surface area contributed by atoms with Crippen LogP contribution in [-0.2, 0) is 0 Å². The van der Waals surface area contributed by atoms with E-state index in [1.165, 1.54) is 19.3 Å². The maximum atomic E-state index is 6.59. The van der Waals surface area contributed by atoms with Gasteiger partial charge < -0.3 is 0 Å². The molecule has 0 fully saturated rings. The van der Waals surface area contributed by atoms with Crippen LogP contribution in [0.25, 0.3) is 0 Å². The summed E-state index contributed by atoms with van der Waals surface area (Å²) in [5, 5.41) is 0. The van der Waals surface area contributed by atoms with Gasteiger partial charge in [-0.25, -0.2) is 0 Å². The Kier molecular flexibility index (Phi) is 14.6. The molecule has 0 bridgehead atoms. The van der Waals surface area contributed by atoms with Crippen LogP contribution < -0.4 is 0 Å². The van der Waals surface area contributed by atoms with E-state index in [9.17, 15) is 0 Å². The van der Waals surface area contributed by atoms with Crippen molar-refractivity contribution in [2.24, 2.45) is 0 Å². The second kappa shape index (κ2) is 11.0. The molecule has 1 radical (unpaired) electrons. The minimum absolute atomic E-state index is 0. The molecule has 0 aromatic carbocycles. The van der Waals surface area contributed by atoms with Crippen LogP contribution in [0.1, 0.15) is 39.0 Å². The SMILES string of the molecule is [C]#CCCCCCC.[LiH]. The second-order valence-corrected chi connectivity index (χ2v) is 1.99. The fourth-order valence-electron chi connectivity index (χ4n) is 0.640. The first-order valence-corrected chi connectivity index (χ1v) is 3.31. The third-order valence-corrected chi connectivity index (χ3v) is 1.16. The summed E-state index contributed by atoms with van der Waals surface area (Å²) in [6, 6.07) is 0. The number of hydrogen-bond donors (Lipinski definition) is 0. The summed E-state index contributed by atoms with van der Waals surface area (Å²) < 4.78 is 0. The number of unbranched alkanes of at least 4 members (excludes halogenated alkanes) is 4. The van der Waals surface area contributed by atoms with Crippen molar-refractivity contribution in [3.63, 3.8) is 0 Å². The van der Waals surface area contributed by atoms with E-state index in [-0.39, 0.29) is 18.9 Å². The standard InChI is InChI=1S/C8H13.Li.H/c1-3-5-7-8-6-4-2;;/h3,5-8H2,1H3;;. The molecule has 0 saturated carbocycles. The summed E-state index contributed by atoms with van der Waals surface area (Å²) in [5.41, 5.74) is 0. The molecule has 0 N–H and O–H groups in total. The normalized spacial score (nSPS) is 7.56. The second-order valence-electron chi connectivity index (χ2n) is 1.99.